The molecule has 0 aliphatic rings. The first-order valence-electron chi connectivity index (χ1n) is 3.81. The minimum Gasteiger partial charge on any atom is -0.398 e. The Bertz CT molecular complexity index is 347. The lowest BCUT2D eigenvalue weighted by Crippen LogP contribution is -2.06. The van der Waals surface area contributed by atoms with Gasteiger partial charge in [0.15, 0.2) is 0 Å². The molecule has 4 nitrogen and oxygen atoms in total. The predicted molar refractivity (Wildman–Crippen MR) is 53.0 cm³/mol. The minimum atomic E-state index is -0.138. The number of amides is 1. The second-order valence-electron chi connectivity index (χ2n) is 2.67. The fourth-order valence-corrected chi connectivity index (χ4v) is 0.981. The summed E-state index contributed by atoms with van der Waals surface area (Å²) in [4.78, 5) is 10.7. The van der Waals surface area contributed by atoms with Gasteiger partial charge in [0, 0.05) is 30.1 Å². The number of nitrogen functional groups attached to an aromatic ring is 1. The summed E-state index contributed by atoms with van der Waals surface area (Å²) in [6.07, 6.45) is 1.15. The Morgan fingerprint density at radius 1 is 1.62 bits per heavy atom. The van der Waals surface area contributed by atoms with Crippen LogP contribution >= 0.6 is 0 Å². The van der Waals surface area contributed by atoms with Crippen LogP contribution in [0.2, 0.25) is 0 Å². The van der Waals surface area contributed by atoms with Gasteiger partial charge in [-0.25, -0.2) is 0 Å². The number of anilines is 2. The summed E-state index contributed by atoms with van der Waals surface area (Å²) in [7, 11) is 0. The molecule has 0 aliphatic carbocycles. The normalized spacial score (nSPS) is 9.31. The van der Waals surface area contributed by atoms with E-state index >= 15 is 0 Å². The Hall–Kier alpha value is -1.84. The molecule has 0 saturated heterocycles. The summed E-state index contributed by atoms with van der Waals surface area (Å²) in [5, 5.41) is 9.65. The zero-order chi connectivity index (χ0) is 9.84. The fourth-order valence-electron chi connectivity index (χ4n) is 0.981. The van der Waals surface area contributed by atoms with Gasteiger partial charge in [-0.3, -0.25) is 4.79 Å². The van der Waals surface area contributed by atoms with Crippen molar-refractivity contribution in [2.24, 2.45) is 0 Å². The largest absolute Gasteiger partial charge is 0.398 e. The van der Waals surface area contributed by atoms with E-state index in [2.05, 4.69) is 5.32 Å². The van der Waals surface area contributed by atoms with Gasteiger partial charge in [0.25, 0.3) is 0 Å². The quantitative estimate of drug-likeness (QED) is 0.469. The first-order chi connectivity index (χ1) is 6.13. The third kappa shape index (κ3) is 2.30. The summed E-state index contributed by atoms with van der Waals surface area (Å²) in [5.41, 5.74) is 7.35. The van der Waals surface area contributed by atoms with Crippen molar-refractivity contribution < 1.29 is 4.79 Å². The molecule has 1 aromatic carbocycles. The monoisotopic (exact) mass is 177 g/mol. The highest BCUT2D eigenvalue weighted by Gasteiger charge is 1.99. The second kappa shape index (κ2) is 3.71. The molecule has 13 heavy (non-hydrogen) atoms. The summed E-state index contributed by atoms with van der Waals surface area (Å²) in [6.45, 7) is 1.43. The van der Waals surface area contributed by atoms with E-state index in [0.29, 0.717) is 16.9 Å². The molecule has 0 aliphatic heterocycles. The Morgan fingerprint density at radius 2 is 2.31 bits per heavy atom. The maximum absolute atomic E-state index is 10.7. The zero-order valence-electron chi connectivity index (χ0n) is 7.29. The van der Waals surface area contributed by atoms with Crippen molar-refractivity contribution in [3.05, 3.63) is 23.8 Å². The summed E-state index contributed by atoms with van der Waals surface area (Å²) >= 11 is 0. The molecule has 4 heteroatoms. The Kier molecular flexibility index (Phi) is 2.64. The lowest BCUT2D eigenvalue weighted by molar-refractivity contribution is -0.114. The summed E-state index contributed by atoms with van der Waals surface area (Å²) in [6, 6.07) is 5.01. The highest BCUT2D eigenvalue weighted by atomic mass is 16.1. The van der Waals surface area contributed by atoms with E-state index in [1.165, 1.54) is 6.92 Å². The van der Waals surface area contributed by atoms with Crippen LogP contribution in [0.15, 0.2) is 18.2 Å². The molecule has 0 saturated carbocycles. The van der Waals surface area contributed by atoms with Gasteiger partial charge < -0.3 is 16.5 Å². The van der Waals surface area contributed by atoms with E-state index in [1.807, 2.05) is 0 Å². The Morgan fingerprint density at radius 3 is 2.85 bits per heavy atom. The van der Waals surface area contributed by atoms with Gasteiger partial charge in [-0.2, -0.15) is 0 Å². The summed E-state index contributed by atoms with van der Waals surface area (Å²) in [5.74, 6) is -0.138. The molecule has 0 spiro atoms. The summed E-state index contributed by atoms with van der Waals surface area (Å²) < 4.78 is 0. The predicted octanol–water partition coefficient (Wildman–Crippen LogP) is 1.22. The van der Waals surface area contributed by atoms with Crippen LogP contribution in [0.3, 0.4) is 0 Å². The molecule has 0 fully saturated rings. The van der Waals surface area contributed by atoms with Gasteiger partial charge in [0.05, 0.1) is 0 Å². The lowest BCUT2D eigenvalue weighted by atomic mass is 10.2. The number of carbonyl (C=O) groups excluding carboxylic acids is 1. The van der Waals surface area contributed by atoms with E-state index in [-0.39, 0.29) is 5.91 Å². The van der Waals surface area contributed by atoms with Gasteiger partial charge in [-0.1, -0.05) is 0 Å². The molecule has 0 heterocycles. The van der Waals surface area contributed by atoms with Gasteiger partial charge >= 0.3 is 0 Å². The third-order valence-electron chi connectivity index (χ3n) is 1.56. The first kappa shape index (κ1) is 9.25. The molecule has 4 N–H and O–H groups in total. The van der Waals surface area contributed by atoms with Crippen molar-refractivity contribution in [3.63, 3.8) is 0 Å². The molecule has 0 atom stereocenters. The van der Waals surface area contributed by atoms with Crippen molar-refractivity contribution >= 4 is 23.5 Å². The number of hydrogen-bond donors (Lipinski definition) is 3. The van der Waals surface area contributed by atoms with Crippen LogP contribution in [0.25, 0.3) is 0 Å². The third-order valence-corrected chi connectivity index (χ3v) is 1.56. The highest BCUT2D eigenvalue weighted by molar-refractivity contribution is 5.92. The highest BCUT2D eigenvalue weighted by Crippen LogP contribution is 2.15. The average molecular weight is 177 g/mol. The SMILES string of the molecule is CC(=O)Nc1ccc(N)c(C=N)c1. The van der Waals surface area contributed by atoms with Crippen molar-refractivity contribution in [2.75, 3.05) is 11.1 Å². The van der Waals surface area contributed by atoms with Gasteiger partial charge in [0.2, 0.25) is 5.91 Å². The Labute approximate surface area is 76.3 Å². The van der Waals surface area contributed by atoms with Crippen LogP contribution in [-0.2, 0) is 4.79 Å². The number of nitrogens with two attached hydrogens (primary N) is 1. The number of hydrogen-bond acceptors (Lipinski definition) is 3. The standard InChI is InChI=1S/C9H11N3O/c1-6(13)12-8-2-3-9(11)7(4-8)5-10/h2-5,10H,11H2,1H3,(H,12,13). The minimum absolute atomic E-state index is 0.138. The second-order valence-corrected chi connectivity index (χ2v) is 2.67. The van der Waals surface area contributed by atoms with E-state index in [1.54, 1.807) is 18.2 Å². The maximum atomic E-state index is 10.7. The number of benzene rings is 1. The van der Waals surface area contributed by atoms with Crippen LogP contribution in [0.5, 0.6) is 0 Å². The number of nitrogens with one attached hydrogen (secondary N) is 2. The van der Waals surface area contributed by atoms with Gasteiger partial charge in [-0.05, 0) is 18.2 Å². The molecule has 1 aromatic rings. The molecule has 68 valence electrons. The van der Waals surface area contributed by atoms with E-state index in [9.17, 15) is 4.79 Å². The van der Waals surface area contributed by atoms with Gasteiger partial charge in [-0.15, -0.1) is 0 Å². The van der Waals surface area contributed by atoms with Crippen LogP contribution in [0, 0.1) is 5.41 Å². The molecule has 0 unspecified atom stereocenters. The topological polar surface area (TPSA) is 79.0 Å². The van der Waals surface area contributed by atoms with Crippen molar-refractivity contribution in [2.45, 2.75) is 6.92 Å². The van der Waals surface area contributed by atoms with Crippen LogP contribution in [-0.4, -0.2) is 12.1 Å². The van der Waals surface area contributed by atoms with Crippen molar-refractivity contribution in [1.29, 1.82) is 5.41 Å². The molecular formula is C9H11N3O. The van der Waals surface area contributed by atoms with Gasteiger partial charge in [0.1, 0.15) is 0 Å². The molecular weight excluding hydrogens is 166 g/mol. The molecule has 0 radical (unpaired) electrons. The number of carbonyl (C=O) groups is 1. The van der Waals surface area contributed by atoms with E-state index in [4.69, 9.17) is 11.1 Å². The van der Waals surface area contributed by atoms with E-state index in [0.717, 1.165) is 6.21 Å². The van der Waals surface area contributed by atoms with Crippen LogP contribution in [0.1, 0.15) is 12.5 Å². The molecule has 0 aromatic heterocycles. The van der Waals surface area contributed by atoms with Crippen LogP contribution < -0.4 is 11.1 Å². The molecule has 0 bridgehead atoms. The first-order valence-corrected chi connectivity index (χ1v) is 3.81. The smallest absolute Gasteiger partial charge is 0.221 e. The number of rotatable bonds is 2. The zero-order valence-corrected chi connectivity index (χ0v) is 7.29. The molecule has 1 rings (SSSR count). The van der Waals surface area contributed by atoms with E-state index < -0.39 is 0 Å². The lowest BCUT2D eigenvalue weighted by Gasteiger charge is -2.04. The van der Waals surface area contributed by atoms with Crippen molar-refractivity contribution in [1.82, 2.24) is 0 Å². The Balaban J connectivity index is 2.99. The maximum Gasteiger partial charge on any atom is 0.221 e. The average Bonchev–Trinajstić information content (AvgIpc) is 2.07. The molecule has 1 amide bonds. The fraction of sp³-hybridized carbons (Fsp3) is 0.111. The van der Waals surface area contributed by atoms with Crippen LogP contribution in [0.4, 0.5) is 11.4 Å². The van der Waals surface area contributed by atoms with Crippen molar-refractivity contribution in [3.8, 4) is 0 Å².